The van der Waals surface area contributed by atoms with E-state index in [1.165, 1.54) is 12.1 Å². The molecule has 3 rings (SSSR count). The molecule has 5 nitrogen and oxygen atoms in total. The molecule has 0 bridgehead atoms. The highest BCUT2D eigenvalue weighted by atomic mass is 19.1. The van der Waals surface area contributed by atoms with Gasteiger partial charge in [-0.3, -0.25) is 0 Å². The van der Waals surface area contributed by atoms with Crippen molar-refractivity contribution in [1.82, 2.24) is 15.2 Å². The lowest BCUT2D eigenvalue weighted by atomic mass is 10.2. The number of halogens is 1. The Balaban J connectivity index is 1.74. The third kappa shape index (κ3) is 3.84. The third-order valence-corrected chi connectivity index (χ3v) is 3.57. The van der Waals surface area contributed by atoms with Crippen molar-refractivity contribution in [2.45, 2.75) is 13.5 Å². The zero-order valence-electron chi connectivity index (χ0n) is 13.4. The fourth-order valence-electron chi connectivity index (χ4n) is 2.37. The summed E-state index contributed by atoms with van der Waals surface area (Å²) in [6.45, 7) is 3.32. The summed E-state index contributed by atoms with van der Waals surface area (Å²) in [7, 11) is 0. The van der Waals surface area contributed by atoms with Crippen LogP contribution in [0.2, 0.25) is 0 Å². The summed E-state index contributed by atoms with van der Waals surface area (Å²) in [5.41, 5.74) is 1.99. The molecule has 1 N–H and O–H groups in total. The molecule has 1 heterocycles. The van der Waals surface area contributed by atoms with Gasteiger partial charge in [0.2, 0.25) is 5.95 Å². The van der Waals surface area contributed by atoms with Crippen molar-refractivity contribution in [3.8, 4) is 0 Å². The fraction of sp³-hybridized carbons (Fsp3) is 0.167. The van der Waals surface area contributed by atoms with E-state index in [2.05, 4.69) is 32.3 Å². The number of nitrogens with one attached hydrogen (secondary N) is 1. The molecule has 0 aliphatic heterocycles. The van der Waals surface area contributed by atoms with E-state index in [9.17, 15) is 4.39 Å². The van der Waals surface area contributed by atoms with Crippen molar-refractivity contribution >= 4 is 17.5 Å². The number of nitrogens with zero attached hydrogens (tertiary/aromatic N) is 4. The summed E-state index contributed by atoms with van der Waals surface area (Å²) in [5, 5.41) is 11.2. The van der Waals surface area contributed by atoms with E-state index in [0.29, 0.717) is 12.5 Å². The molecule has 0 fully saturated rings. The third-order valence-electron chi connectivity index (χ3n) is 3.57. The Hall–Kier alpha value is -3.02. The van der Waals surface area contributed by atoms with Gasteiger partial charge in [-0.05, 0) is 36.8 Å². The summed E-state index contributed by atoms with van der Waals surface area (Å²) in [6.07, 6.45) is 1.64. The SMILES string of the molecule is CCN(c1ccccc1)c1cnnc(NCc2ccc(F)cc2)n1. The van der Waals surface area contributed by atoms with Crippen LogP contribution in [0.3, 0.4) is 0 Å². The van der Waals surface area contributed by atoms with Crippen LogP contribution in [0.15, 0.2) is 60.8 Å². The average molecular weight is 323 g/mol. The summed E-state index contributed by atoms with van der Waals surface area (Å²) in [4.78, 5) is 6.57. The van der Waals surface area contributed by atoms with Gasteiger partial charge in [-0.15, -0.1) is 5.10 Å². The van der Waals surface area contributed by atoms with Crippen LogP contribution >= 0.6 is 0 Å². The maximum Gasteiger partial charge on any atom is 0.244 e. The van der Waals surface area contributed by atoms with Gasteiger partial charge in [-0.2, -0.15) is 10.1 Å². The van der Waals surface area contributed by atoms with Crippen LogP contribution in [0.1, 0.15) is 12.5 Å². The molecule has 122 valence electrons. The molecule has 6 heteroatoms. The summed E-state index contributed by atoms with van der Waals surface area (Å²) >= 11 is 0. The second-order valence-corrected chi connectivity index (χ2v) is 5.20. The van der Waals surface area contributed by atoms with Crippen molar-refractivity contribution in [1.29, 1.82) is 0 Å². The van der Waals surface area contributed by atoms with E-state index in [0.717, 1.165) is 23.6 Å². The molecule has 24 heavy (non-hydrogen) atoms. The smallest absolute Gasteiger partial charge is 0.244 e. The van der Waals surface area contributed by atoms with E-state index in [-0.39, 0.29) is 5.82 Å². The van der Waals surface area contributed by atoms with Gasteiger partial charge in [0.05, 0.1) is 6.20 Å². The Morgan fingerprint density at radius 2 is 1.79 bits per heavy atom. The zero-order valence-corrected chi connectivity index (χ0v) is 13.4. The summed E-state index contributed by atoms with van der Waals surface area (Å²) in [5.74, 6) is 0.909. The molecule has 0 radical (unpaired) electrons. The second kappa shape index (κ2) is 7.50. The predicted octanol–water partition coefficient (Wildman–Crippen LogP) is 3.78. The molecular weight excluding hydrogens is 305 g/mol. The number of aromatic nitrogens is 3. The minimum atomic E-state index is -0.250. The lowest BCUT2D eigenvalue weighted by molar-refractivity contribution is 0.627. The van der Waals surface area contributed by atoms with Gasteiger partial charge in [-0.1, -0.05) is 30.3 Å². The van der Waals surface area contributed by atoms with Gasteiger partial charge in [-0.25, -0.2) is 4.39 Å². The molecule has 0 saturated heterocycles. The van der Waals surface area contributed by atoms with Gasteiger partial charge >= 0.3 is 0 Å². The minimum Gasteiger partial charge on any atom is -0.349 e. The van der Waals surface area contributed by atoms with Crippen LogP contribution in [-0.2, 0) is 6.54 Å². The van der Waals surface area contributed by atoms with Gasteiger partial charge in [0, 0.05) is 18.8 Å². The molecule has 0 aliphatic carbocycles. The van der Waals surface area contributed by atoms with Crippen molar-refractivity contribution in [2.24, 2.45) is 0 Å². The van der Waals surface area contributed by atoms with E-state index in [1.54, 1.807) is 18.3 Å². The molecule has 0 unspecified atom stereocenters. The largest absolute Gasteiger partial charge is 0.349 e. The Kier molecular flexibility index (Phi) is 4.96. The van der Waals surface area contributed by atoms with Crippen molar-refractivity contribution in [3.05, 3.63) is 72.2 Å². The van der Waals surface area contributed by atoms with Gasteiger partial charge in [0.1, 0.15) is 5.82 Å². The van der Waals surface area contributed by atoms with Crippen molar-refractivity contribution in [2.75, 3.05) is 16.8 Å². The van der Waals surface area contributed by atoms with Crippen LogP contribution in [0.4, 0.5) is 21.8 Å². The Bertz CT molecular complexity index is 777. The normalized spacial score (nSPS) is 10.4. The Labute approximate surface area is 140 Å². The standard InChI is InChI=1S/C18H18FN5/c1-2-24(16-6-4-3-5-7-16)17-13-21-23-18(22-17)20-12-14-8-10-15(19)11-9-14/h3-11,13H,2,12H2,1H3,(H,20,22,23). The summed E-state index contributed by atoms with van der Waals surface area (Å²) < 4.78 is 12.9. The lowest BCUT2D eigenvalue weighted by Gasteiger charge is -2.21. The monoisotopic (exact) mass is 323 g/mol. The fourth-order valence-corrected chi connectivity index (χ4v) is 2.37. The molecule has 2 aromatic carbocycles. The van der Waals surface area contributed by atoms with Gasteiger partial charge in [0.25, 0.3) is 0 Å². The van der Waals surface area contributed by atoms with Crippen LogP contribution in [0.25, 0.3) is 0 Å². The first kappa shape index (κ1) is 15.9. The first-order valence-electron chi connectivity index (χ1n) is 7.77. The van der Waals surface area contributed by atoms with Crippen LogP contribution in [-0.4, -0.2) is 21.7 Å². The number of anilines is 3. The highest BCUT2D eigenvalue weighted by Crippen LogP contribution is 2.22. The van der Waals surface area contributed by atoms with Crippen molar-refractivity contribution < 1.29 is 4.39 Å². The van der Waals surface area contributed by atoms with Gasteiger partial charge in [0.15, 0.2) is 5.82 Å². The number of hydrogen-bond donors (Lipinski definition) is 1. The van der Waals surface area contributed by atoms with Crippen LogP contribution in [0.5, 0.6) is 0 Å². The maximum atomic E-state index is 12.9. The van der Waals surface area contributed by atoms with Crippen molar-refractivity contribution in [3.63, 3.8) is 0 Å². The lowest BCUT2D eigenvalue weighted by Crippen LogP contribution is -2.18. The number of hydrogen-bond acceptors (Lipinski definition) is 5. The molecule has 0 aliphatic rings. The van der Waals surface area contributed by atoms with E-state index >= 15 is 0 Å². The molecule has 0 spiro atoms. The second-order valence-electron chi connectivity index (χ2n) is 5.20. The van der Waals surface area contributed by atoms with E-state index < -0.39 is 0 Å². The Morgan fingerprint density at radius 3 is 2.50 bits per heavy atom. The molecule has 0 amide bonds. The molecule has 1 aromatic heterocycles. The molecular formula is C18H18FN5. The number of rotatable bonds is 6. The number of para-hydroxylation sites is 1. The first-order chi connectivity index (χ1) is 11.8. The summed E-state index contributed by atoms with van der Waals surface area (Å²) in [6, 6.07) is 16.3. The molecule has 3 aromatic rings. The highest BCUT2D eigenvalue weighted by Gasteiger charge is 2.10. The highest BCUT2D eigenvalue weighted by molar-refractivity contribution is 5.59. The topological polar surface area (TPSA) is 53.9 Å². The molecule has 0 atom stereocenters. The number of benzene rings is 2. The maximum absolute atomic E-state index is 12.9. The van der Waals surface area contributed by atoms with E-state index in [4.69, 9.17) is 0 Å². The zero-order chi connectivity index (χ0) is 16.8. The average Bonchev–Trinajstić information content (AvgIpc) is 2.63. The van der Waals surface area contributed by atoms with Crippen LogP contribution < -0.4 is 10.2 Å². The predicted molar refractivity (Wildman–Crippen MR) is 92.7 cm³/mol. The first-order valence-corrected chi connectivity index (χ1v) is 7.77. The van der Waals surface area contributed by atoms with E-state index in [1.807, 2.05) is 30.3 Å². The Morgan fingerprint density at radius 1 is 1.04 bits per heavy atom. The van der Waals surface area contributed by atoms with Crippen LogP contribution in [0, 0.1) is 5.82 Å². The minimum absolute atomic E-state index is 0.250. The molecule has 0 saturated carbocycles. The van der Waals surface area contributed by atoms with Gasteiger partial charge < -0.3 is 10.2 Å². The quantitative estimate of drug-likeness (QED) is 0.748.